The third kappa shape index (κ3) is 14.3. The van der Waals surface area contributed by atoms with Crippen LogP contribution in [0.25, 0.3) is 0 Å². The highest BCUT2D eigenvalue weighted by Gasteiger charge is 1.57. The molecule has 0 amide bonds. The van der Waals surface area contributed by atoms with Gasteiger partial charge in [0.1, 0.15) is 0 Å². The van der Waals surface area contributed by atoms with Gasteiger partial charge in [0.15, 0.2) is 0 Å². The highest BCUT2D eigenvalue weighted by atomic mass is 28.1. The average Bonchev–Trinajstić information content (AvgIpc) is 1.37. The molecule has 0 aromatic rings. The van der Waals surface area contributed by atoms with Gasteiger partial charge in [-0.2, -0.15) is 0 Å². The Morgan fingerprint density at radius 1 is 1.60 bits per heavy atom. The van der Waals surface area contributed by atoms with Gasteiger partial charge >= 0.3 is 0 Å². The fourth-order valence-corrected chi connectivity index (χ4v) is 0. The first-order valence-corrected chi connectivity index (χ1v) is 3.33. The monoisotopic (exact) mass is 92.1 g/mol. The fourth-order valence-electron chi connectivity index (χ4n) is 0. The molecule has 0 saturated carbocycles. The van der Waals surface area contributed by atoms with Gasteiger partial charge in [0.2, 0.25) is 0 Å². The van der Waals surface area contributed by atoms with Crippen molar-refractivity contribution in [2.45, 2.75) is 19.4 Å². The topological polar surface area (TPSA) is 36.5 Å². The summed E-state index contributed by atoms with van der Waals surface area (Å²) in [7, 11) is 1.39. The summed E-state index contributed by atoms with van der Waals surface area (Å²) in [5.74, 6) is 0. The van der Waals surface area contributed by atoms with Crippen LogP contribution in [0.3, 0.4) is 0 Å². The van der Waals surface area contributed by atoms with Crippen LogP contribution in [0.1, 0.15) is 13.3 Å². The minimum Gasteiger partial charge on any atom is -0.369 e. The molecule has 0 unspecified atom stereocenters. The molecule has 0 aliphatic carbocycles. The highest BCUT2D eigenvalue weighted by Crippen LogP contribution is 1.73. The molecule has 2 heteroatoms. The number of hydrogen-bond acceptors (Lipinski definition) is 0. The third-order valence-corrected chi connectivity index (χ3v) is 1.50. The lowest BCUT2D eigenvalue weighted by Gasteiger charge is -1.67. The quantitative estimate of drug-likeness (QED) is 0.459. The Hall–Kier alpha value is 0.177. The zero-order valence-electron chi connectivity index (χ0n) is 4.41. The zero-order chi connectivity index (χ0) is 3.41. The Kier molecular flexibility index (Phi) is 15.9. The molecule has 0 aliphatic heterocycles. The van der Waals surface area contributed by atoms with Gasteiger partial charge in [0.25, 0.3) is 0 Å². The van der Waals surface area contributed by atoms with Crippen LogP contribution in [-0.4, -0.2) is 10.2 Å². The molecule has 0 radical (unpaired) electrons. The van der Waals surface area contributed by atoms with Crippen LogP contribution in [0.5, 0.6) is 0 Å². The highest BCUT2D eigenvalue weighted by molar-refractivity contribution is 6.08. The van der Waals surface area contributed by atoms with Crippen LogP contribution in [0.4, 0.5) is 0 Å². The lowest BCUT2D eigenvalue weighted by atomic mass is 10.6. The molecule has 0 aromatic heterocycles. The van der Waals surface area contributed by atoms with Gasteiger partial charge in [-0.15, -0.1) is 0 Å². The van der Waals surface area contributed by atoms with Crippen LogP contribution >= 0.6 is 0 Å². The molecule has 34 valence electrons. The maximum Gasteiger partial charge on any atom is 0.00278 e. The molecule has 0 fully saturated rings. The molecule has 0 atom stereocenters. The van der Waals surface area contributed by atoms with Crippen molar-refractivity contribution < 1.29 is 0 Å². The Labute approximate surface area is 36.8 Å². The van der Waals surface area contributed by atoms with Crippen molar-refractivity contribution in [3.05, 3.63) is 0 Å². The smallest absolute Gasteiger partial charge is 0.00278 e. The Morgan fingerprint density at radius 2 is 1.80 bits per heavy atom. The van der Waals surface area contributed by atoms with E-state index in [2.05, 4.69) is 6.92 Å². The molecule has 0 saturated heterocycles. The molecular formula is C3H14NSi+. The van der Waals surface area contributed by atoms with Crippen LogP contribution in [0.15, 0.2) is 0 Å². The second kappa shape index (κ2) is 8.90. The maximum atomic E-state index is 2.22. The Morgan fingerprint density at radius 3 is 1.80 bits per heavy atom. The average molecular weight is 92.2 g/mol. The van der Waals surface area contributed by atoms with E-state index >= 15 is 0 Å². The first kappa shape index (κ1) is 8.95. The minimum absolute atomic E-state index is 0. The molecule has 0 spiro atoms. The lowest BCUT2D eigenvalue weighted by molar-refractivity contribution is 1.08. The molecule has 4 N–H and O–H groups in total. The van der Waals surface area contributed by atoms with Gasteiger partial charge in [-0.05, 0) is 0 Å². The standard InChI is InChI=1S/C3H10Si.H3N/c1-2-3-4;/h2-3H2,1,4H3;1H3/p+1. The van der Waals surface area contributed by atoms with Gasteiger partial charge in [0, 0.05) is 10.2 Å². The van der Waals surface area contributed by atoms with E-state index in [1.807, 2.05) is 0 Å². The summed E-state index contributed by atoms with van der Waals surface area (Å²) in [6, 6.07) is 1.46. The number of rotatable bonds is 1. The summed E-state index contributed by atoms with van der Waals surface area (Å²) in [6.45, 7) is 2.22. The largest absolute Gasteiger partial charge is 0.369 e. The van der Waals surface area contributed by atoms with E-state index < -0.39 is 0 Å². The van der Waals surface area contributed by atoms with E-state index in [1.54, 1.807) is 0 Å². The zero-order valence-corrected chi connectivity index (χ0v) is 6.41. The third-order valence-electron chi connectivity index (χ3n) is 0.500. The summed E-state index contributed by atoms with van der Waals surface area (Å²) >= 11 is 0. The van der Waals surface area contributed by atoms with Gasteiger partial charge in [-0.25, -0.2) is 0 Å². The molecule has 5 heavy (non-hydrogen) atoms. The van der Waals surface area contributed by atoms with Crippen molar-refractivity contribution in [2.75, 3.05) is 0 Å². The number of quaternary nitrogens is 1. The maximum absolute atomic E-state index is 2.22. The van der Waals surface area contributed by atoms with E-state index in [0.717, 1.165) is 0 Å². The fraction of sp³-hybridized carbons (Fsp3) is 1.00. The molecular weight excluding hydrogens is 78.1 g/mol. The second-order valence-electron chi connectivity index (χ2n) is 1.000. The predicted octanol–water partition coefficient (Wildman–Crippen LogP) is 0.556. The van der Waals surface area contributed by atoms with Gasteiger partial charge in [-0.3, -0.25) is 0 Å². The summed E-state index contributed by atoms with van der Waals surface area (Å²) in [5.41, 5.74) is 0. The van der Waals surface area contributed by atoms with E-state index in [9.17, 15) is 0 Å². The SMILES string of the molecule is CCC[SiH3].[NH4+]. The molecule has 0 bridgehead atoms. The summed E-state index contributed by atoms with van der Waals surface area (Å²) in [4.78, 5) is 0. The summed E-state index contributed by atoms with van der Waals surface area (Å²) < 4.78 is 0. The van der Waals surface area contributed by atoms with Crippen LogP contribution in [0, 0.1) is 0 Å². The second-order valence-corrected chi connectivity index (χ2v) is 2.00. The van der Waals surface area contributed by atoms with Gasteiger partial charge in [0.05, 0.1) is 0 Å². The van der Waals surface area contributed by atoms with Crippen LogP contribution in [-0.2, 0) is 0 Å². The summed E-state index contributed by atoms with van der Waals surface area (Å²) in [5, 5.41) is 0. The van der Waals surface area contributed by atoms with E-state index in [4.69, 9.17) is 0 Å². The summed E-state index contributed by atoms with van der Waals surface area (Å²) in [6.07, 6.45) is 1.38. The number of hydrogen-bond donors (Lipinski definition) is 1. The predicted molar refractivity (Wildman–Crippen MR) is 31.0 cm³/mol. The van der Waals surface area contributed by atoms with E-state index in [-0.39, 0.29) is 6.15 Å². The van der Waals surface area contributed by atoms with E-state index in [1.165, 1.54) is 22.7 Å². The van der Waals surface area contributed by atoms with E-state index in [0.29, 0.717) is 0 Å². The van der Waals surface area contributed by atoms with Crippen molar-refractivity contribution in [1.29, 1.82) is 0 Å². The first-order chi connectivity index (χ1) is 1.91. The lowest BCUT2D eigenvalue weighted by Crippen LogP contribution is -1.55. The van der Waals surface area contributed by atoms with Crippen molar-refractivity contribution >= 4 is 10.2 Å². The normalized spacial score (nSPS) is 6.60. The van der Waals surface area contributed by atoms with Crippen molar-refractivity contribution in [2.24, 2.45) is 0 Å². The van der Waals surface area contributed by atoms with Gasteiger partial charge < -0.3 is 6.15 Å². The van der Waals surface area contributed by atoms with Gasteiger partial charge in [-0.1, -0.05) is 19.4 Å². The molecule has 0 aliphatic rings. The van der Waals surface area contributed by atoms with Crippen molar-refractivity contribution in [1.82, 2.24) is 6.15 Å². The first-order valence-electron chi connectivity index (χ1n) is 1.91. The molecule has 0 heterocycles. The van der Waals surface area contributed by atoms with Crippen LogP contribution in [0.2, 0.25) is 6.04 Å². The molecule has 1 nitrogen and oxygen atoms in total. The molecule has 0 aromatic carbocycles. The Balaban J connectivity index is 0. The van der Waals surface area contributed by atoms with Crippen LogP contribution < -0.4 is 6.15 Å². The van der Waals surface area contributed by atoms with Crippen molar-refractivity contribution in [3.8, 4) is 0 Å². The molecule has 0 rings (SSSR count). The Bertz CT molecular complexity index is 8.85. The van der Waals surface area contributed by atoms with Crippen molar-refractivity contribution in [3.63, 3.8) is 0 Å². The minimum atomic E-state index is 0.